The van der Waals surface area contributed by atoms with Crippen LogP contribution in [0, 0.1) is 0 Å². The minimum Gasteiger partial charge on any atom is -0.497 e. The van der Waals surface area contributed by atoms with Crippen molar-refractivity contribution in [2.75, 3.05) is 12.0 Å². The highest BCUT2D eigenvalue weighted by Crippen LogP contribution is 2.36. The van der Waals surface area contributed by atoms with E-state index >= 15 is 0 Å². The highest BCUT2D eigenvalue weighted by atomic mass is 32.1. The minimum atomic E-state index is -1.18. The van der Waals surface area contributed by atoms with Crippen molar-refractivity contribution >= 4 is 28.8 Å². The van der Waals surface area contributed by atoms with Gasteiger partial charge in [0.15, 0.2) is 0 Å². The topological polar surface area (TPSA) is 76.5 Å². The Morgan fingerprint density at radius 1 is 1.23 bits per heavy atom. The largest absolute Gasteiger partial charge is 0.497 e. The molecule has 1 aliphatic rings. The summed E-state index contributed by atoms with van der Waals surface area (Å²) in [4.78, 5) is 29.8. The first-order chi connectivity index (χ1) is 14.6. The number of aromatic nitrogens is 2. The van der Waals surface area contributed by atoms with Crippen LogP contribution in [0.5, 0.6) is 5.75 Å². The van der Waals surface area contributed by atoms with E-state index in [2.05, 4.69) is 10.4 Å². The Kier molecular flexibility index (Phi) is 5.13. The number of rotatable bonds is 4. The number of anilines is 1. The lowest BCUT2D eigenvalue weighted by atomic mass is 9.92. The summed E-state index contributed by atoms with van der Waals surface area (Å²) >= 11 is 1.56. The number of fused-ring (bicyclic) bond motifs is 1. The standard InChI is InChI=1S/C23H26N4O3S/c1-22(2,3)24-21(29)23(4)14-26-18(13-17(25-26)19-10-7-11-31-19)20(28)27(23)15-8-6-9-16(12-15)30-5/h6-13H,14H2,1-5H3,(H,24,29)/t23-/m1/s1. The number of methoxy groups -OCH3 is 1. The van der Waals surface area contributed by atoms with Gasteiger partial charge in [-0.3, -0.25) is 19.2 Å². The summed E-state index contributed by atoms with van der Waals surface area (Å²) in [5.41, 5.74) is 0.149. The van der Waals surface area contributed by atoms with Crippen molar-refractivity contribution in [2.45, 2.75) is 45.3 Å². The van der Waals surface area contributed by atoms with Gasteiger partial charge in [0.2, 0.25) is 5.91 Å². The van der Waals surface area contributed by atoms with Crippen molar-refractivity contribution < 1.29 is 14.3 Å². The maximum atomic E-state index is 13.7. The number of benzene rings is 1. The molecule has 0 aliphatic carbocycles. The van der Waals surface area contributed by atoms with Crippen LogP contribution in [0.4, 0.5) is 5.69 Å². The predicted octanol–water partition coefficient (Wildman–Crippen LogP) is 3.95. The molecule has 7 nitrogen and oxygen atoms in total. The molecule has 0 unspecified atom stereocenters. The molecule has 2 amide bonds. The van der Waals surface area contributed by atoms with Gasteiger partial charge in [-0.25, -0.2) is 0 Å². The third kappa shape index (κ3) is 3.83. The number of carbonyl (C=O) groups is 2. The molecular weight excluding hydrogens is 412 g/mol. The molecule has 1 atom stereocenters. The molecule has 0 radical (unpaired) electrons. The van der Waals surface area contributed by atoms with Gasteiger partial charge in [0, 0.05) is 17.3 Å². The summed E-state index contributed by atoms with van der Waals surface area (Å²) in [6.45, 7) is 7.77. The quantitative estimate of drug-likeness (QED) is 0.669. The Morgan fingerprint density at radius 3 is 2.65 bits per heavy atom. The van der Waals surface area contributed by atoms with Crippen molar-refractivity contribution in [1.29, 1.82) is 0 Å². The Bertz CT molecular complexity index is 1130. The van der Waals surface area contributed by atoms with E-state index in [1.54, 1.807) is 47.1 Å². The SMILES string of the molecule is COc1cccc(N2C(=O)c3cc(-c4cccs4)nn3C[C@]2(C)C(=O)NC(C)(C)C)c1. The number of nitrogens with zero attached hydrogens (tertiary/aromatic N) is 3. The van der Waals surface area contributed by atoms with Crippen LogP contribution < -0.4 is 15.0 Å². The molecule has 4 rings (SSSR count). The average molecular weight is 439 g/mol. The van der Waals surface area contributed by atoms with E-state index in [0.717, 1.165) is 10.6 Å². The third-order valence-corrected chi connectivity index (χ3v) is 6.11. The van der Waals surface area contributed by atoms with Crippen LogP contribution in [0.1, 0.15) is 38.2 Å². The summed E-state index contributed by atoms with van der Waals surface area (Å²) in [7, 11) is 1.57. The average Bonchev–Trinajstić information content (AvgIpc) is 3.36. The first-order valence-corrected chi connectivity index (χ1v) is 10.9. The fraction of sp³-hybridized carbons (Fsp3) is 0.348. The van der Waals surface area contributed by atoms with Gasteiger partial charge in [0.1, 0.15) is 22.7 Å². The highest BCUT2D eigenvalue weighted by Gasteiger charge is 2.49. The van der Waals surface area contributed by atoms with Crippen LogP contribution in [0.25, 0.3) is 10.6 Å². The Hall–Kier alpha value is -3.13. The van der Waals surface area contributed by atoms with Gasteiger partial charge in [-0.2, -0.15) is 5.10 Å². The van der Waals surface area contributed by atoms with Crippen molar-refractivity contribution in [1.82, 2.24) is 15.1 Å². The second kappa shape index (κ2) is 7.53. The molecule has 1 N–H and O–H groups in total. The van der Waals surface area contributed by atoms with Gasteiger partial charge in [-0.1, -0.05) is 12.1 Å². The molecule has 0 saturated heterocycles. The van der Waals surface area contributed by atoms with Crippen LogP contribution in [-0.4, -0.2) is 39.8 Å². The van der Waals surface area contributed by atoms with E-state index in [1.165, 1.54) is 0 Å². The van der Waals surface area contributed by atoms with Crippen molar-refractivity contribution in [3.05, 3.63) is 53.5 Å². The molecule has 3 aromatic rings. The second-order valence-electron chi connectivity index (χ2n) is 8.87. The first kappa shape index (κ1) is 21.1. The lowest BCUT2D eigenvalue weighted by Crippen LogP contribution is -2.66. The smallest absolute Gasteiger partial charge is 0.277 e. The Labute approximate surface area is 185 Å². The number of thiophene rings is 1. The lowest BCUT2D eigenvalue weighted by Gasteiger charge is -2.44. The zero-order valence-electron chi connectivity index (χ0n) is 18.3. The molecule has 3 heterocycles. The lowest BCUT2D eigenvalue weighted by molar-refractivity contribution is -0.128. The minimum absolute atomic E-state index is 0.235. The maximum absolute atomic E-state index is 13.7. The van der Waals surface area contributed by atoms with Gasteiger partial charge in [0.25, 0.3) is 5.91 Å². The van der Waals surface area contributed by atoms with E-state index in [0.29, 0.717) is 17.1 Å². The number of carbonyl (C=O) groups excluding carboxylic acids is 2. The summed E-state index contributed by atoms with van der Waals surface area (Å²) in [6, 6.07) is 12.9. The van der Waals surface area contributed by atoms with E-state index in [-0.39, 0.29) is 18.4 Å². The molecular formula is C23H26N4O3S. The highest BCUT2D eigenvalue weighted by molar-refractivity contribution is 7.13. The summed E-state index contributed by atoms with van der Waals surface area (Å²) in [6.07, 6.45) is 0. The van der Waals surface area contributed by atoms with Crippen molar-refractivity contribution in [3.8, 4) is 16.3 Å². The zero-order chi connectivity index (χ0) is 22.4. The van der Waals surface area contributed by atoms with Crippen LogP contribution >= 0.6 is 11.3 Å². The van der Waals surface area contributed by atoms with Gasteiger partial charge in [-0.05, 0) is 57.3 Å². The van der Waals surface area contributed by atoms with E-state index in [4.69, 9.17) is 4.74 Å². The number of hydrogen-bond donors (Lipinski definition) is 1. The van der Waals surface area contributed by atoms with Gasteiger partial charge >= 0.3 is 0 Å². The van der Waals surface area contributed by atoms with Crippen LogP contribution in [-0.2, 0) is 11.3 Å². The fourth-order valence-corrected chi connectivity index (χ4v) is 4.44. The third-order valence-electron chi connectivity index (χ3n) is 5.22. The summed E-state index contributed by atoms with van der Waals surface area (Å²) in [5, 5.41) is 9.67. The molecule has 162 valence electrons. The van der Waals surface area contributed by atoms with Crippen molar-refractivity contribution in [3.63, 3.8) is 0 Å². The Balaban J connectivity index is 1.85. The zero-order valence-corrected chi connectivity index (χ0v) is 19.1. The number of nitrogens with one attached hydrogen (secondary N) is 1. The van der Waals surface area contributed by atoms with E-state index in [9.17, 15) is 9.59 Å². The molecule has 0 saturated carbocycles. The molecule has 31 heavy (non-hydrogen) atoms. The summed E-state index contributed by atoms with van der Waals surface area (Å²) < 4.78 is 7.01. The first-order valence-electron chi connectivity index (χ1n) is 10.1. The molecule has 1 aliphatic heterocycles. The molecule has 0 spiro atoms. The molecule has 0 bridgehead atoms. The number of ether oxygens (including phenoxy) is 1. The van der Waals surface area contributed by atoms with Crippen LogP contribution in [0.2, 0.25) is 0 Å². The van der Waals surface area contributed by atoms with Gasteiger partial charge in [-0.15, -0.1) is 11.3 Å². The Morgan fingerprint density at radius 2 is 2.00 bits per heavy atom. The molecule has 0 fully saturated rings. The van der Waals surface area contributed by atoms with E-state index < -0.39 is 11.1 Å². The van der Waals surface area contributed by atoms with Crippen LogP contribution in [0.15, 0.2) is 47.8 Å². The molecule has 2 aromatic heterocycles. The van der Waals surface area contributed by atoms with Crippen molar-refractivity contribution in [2.24, 2.45) is 0 Å². The monoisotopic (exact) mass is 438 g/mol. The fourth-order valence-electron chi connectivity index (χ4n) is 3.76. The summed E-state index contributed by atoms with van der Waals surface area (Å²) in [5.74, 6) is 0.0959. The van der Waals surface area contributed by atoms with Gasteiger partial charge in [0.05, 0.1) is 18.5 Å². The maximum Gasteiger partial charge on any atom is 0.277 e. The van der Waals surface area contributed by atoms with Gasteiger partial charge < -0.3 is 10.1 Å². The second-order valence-corrected chi connectivity index (χ2v) is 9.82. The normalized spacial score (nSPS) is 18.6. The van der Waals surface area contributed by atoms with E-state index in [1.807, 2.05) is 56.5 Å². The predicted molar refractivity (Wildman–Crippen MR) is 122 cm³/mol. The number of amides is 2. The molecule has 1 aromatic carbocycles. The molecule has 8 heteroatoms. The number of hydrogen-bond acceptors (Lipinski definition) is 5. The van der Waals surface area contributed by atoms with Crippen LogP contribution in [0.3, 0.4) is 0 Å².